The number of alkyl halides is 1. The highest BCUT2D eigenvalue weighted by molar-refractivity contribution is 5.80. The molecule has 3 rings (SSSR count). The summed E-state index contributed by atoms with van der Waals surface area (Å²) in [6, 6.07) is 1.33. The molecular formula is C21H33FN4O2. The second-order valence-electron chi connectivity index (χ2n) is 8.66. The molecule has 1 atom stereocenters. The number of hydrogen-bond donors (Lipinski definition) is 1. The van der Waals surface area contributed by atoms with Crippen molar-refractivity contribution in [2.75, 3.05) is 26.2 Å². The molecule has 1 aromatic heterocycles. The van der Waals surface area contributed by atoms with E-state index in [1.54, 1.807) is 0 Å². The topological polar surface area (TPSA) is 67.2 Å². The molecule has 1 unspecified atom stereocenters. The van der Waals surface area contributed by atoms with E-state index in [4.69, 9.17) is 0 Å². The molecule has 1 saturated heterocycles. The second-order valence-corrected chi connectivity index (χ2v) is 8.66. The third kappa shape index (κ3) is 5.19. The van der Waals surface area contributed by atoms with Crippen molar-refractivity contribution < 1.29 is 9.18 Å². The smallest absolute Gasteiger partial charge is 0.271 e. The van der Waals surface area contributed by atoms with Gasteiger partial charge >= 0.3 is 0 Å². The van der Waals surface area contributed by atoms with Crippen LogP contribution >= 0.6 is 0 Å². The van der Waals surface area contributed by atoms with Crippen molar-refractivity contribution in [1.82, 2.24) is 20.0 Å². The maximum absolute atomic E-state index is 13.1. The van der Waals surface area contributed by atoms with Crippen LogP contribution in [0.1, 0.15) is 69.7 Å². The average molecular weight is 393 g/mol. The van der Waals surface area contributed by atoms with E-state index >= 15 is 0 Å². The molecule has 2 fully saturated rings. The lowest BCUT2D eigenvalue weighted by atomic mass is 10.0. The number of nitrogens with one attached hydrogen (secondary N) is 1. The summed E-state index contributed by atoms with van der Waals surface area (Å²) in [6.45, 7) is 8.38. The van der Waals surface area contributed by atoms with Gasteiger partial charge < -0.3 is 5.32 Å². The zero-order valence-corrected chi connectivity index (χ0v) is 17.3. The summed E-state index contributed by atoms with van der Waals surface area (Å²) in [5.41, 5.74) is 1.48. The third-order valence-electron chi connectivity index (χ3n) is 5.47. The van der Waals surface area contributed by atoms with Crippen molar-refractivity contribution in [2.24, 2.45) is 5.92 Å². The predicted octanol–water partition coefficient (Wildman–Crippen LogP) is 2.43. The van der Waals surface area contributed by atoms with E-state index in [0.29, 0.717) is 32.5 Å². The molecule has 0 spiro atoms. The van der Waals surface area contributed by atoms with E-state index in [9.17, 15) is 14.0 Å². The first-order valence-electron chi connectivity index (χ1n) is 10.7. The van der Waals surface area contributed by atoms with E-state index < -0.39 is 12.2 Å². The fourth-order valence-corrected chi connectivity index (χ4v) is 3.70. The van der Waals surface area contributed by atoms with Crippen molar-refractivity contribution in [3.05, 3.63) is 27.7 Å². The van der Waals surface area contributed by atoms with Gasteiger partial charge in [-0.2, -0.15) is 5.10 Å². The lowest BCUT2D eigenvalue weighted by molar-refractivity contribution is -0.125. The molecule has 2 heterocycles. The zero-order chi connectivity index (χ0) is 20.3. The largest absolute Gasteiger partial charge is 0.354 e. The van der Waals surface area contributed by atoms with E-state index in [1.807, 2.05) is 26.8 Å². The van der Waals surface area contributed by atoms with Gasteiger partial charge in [-0.25, -0.2) is 9.07 Å². The molecule has 1 aliphatic heterocycles. The highest BCUT2D eigenvalue weighted by Crippen LogP contribution is 2.38. The maximum Gasteiger partial charge on any atom is 0.271 e. The molecule has 6 nitrogen and oxygen atoms in total. The van der Waals surface area contributed by atoms with Crippen LogP contribution in [0.4, 0.5) is 4.39 Å². The molecule has 0 radical (unpaired) electrons. The van der Waals surface area contributed by atoms with E-state index in [1.165, 1.54) is 4.68 Å². The summed E-state index contributed by atoms with van der Waals surface area (Å²) < 4.78 is 14.5. The second kappa shape index (κ2) is 9.16. The molecule has 2 aliphatic rings. The summed E-state index contributed by atoms with van der Waals surface area (Å²) in [5.74, 6) is 0.423. The van der Waals surface area contributed by atoms with Gasteiger partial charge in [0.05, 0.1) is 5.69 Å². The van der Waals surface area contributed by atoms with Crippen molar-refractivity contribution in [2.45, 2.75) is 71.0 Å². The monoisotopic (exact) mass is 392 g/mol. The first kappa shape index (κ1) is 21.0. The summed E-state index contributed by atoms with van der Waals surface area (Å²) in [5, 5.41) is 7.53. The third-order valence-corrected chi connectivity index (χ3v) is 5.47. The van der Waals surface area contributed by atoms with Gasteiger partial charge in [-0.3, -0.25) is 14.5 Å². The van der Waals surface area contributed by atoms with Crippen LogP contribution in [-0.4, -0.2) is 52.9 Å². The zero-order valence-electron chi connectivity index (χ0n) is 17.3. The molecular weight excluding hydrogens is 359 g/mol. The first-order chi connectivity index (χ1) is 13.4. The number of carbonyl (C=O) groups is 1. The van der Waals surface area contributed by atoms with Crippen LogP contribution in [-0.2, 0) is 11.2 Å². The minimum Gasteiger partial charge on any atom is -0.354 e. The first-order valence-corrected chi connectivity index (χ1v) is 10.7. The normalized spacial score (nSPS) is 18.9. The number of amides is 1. The molecule has 1 aromatic rings. The Morgan fingerprint density at radius 2 is 2.07 bits per heavy atom. The van der Waals surface area contributed by atoms with Crippen LogP contribution in [0.15, 0.2) is 10.9 Å². The van der Waals surface area contributed by atoms with Crippen LogP contribution in [0.25, 0.3) is 0 Å². The summed E-state index contributed by atoms with van der Waals surface area (Å²) in [7, 11) is 0. The van der Waals surface area contributed by atoms with Gasteiger partial charge in [0.25, 0.3) is 5.56 Å². The SMILES string of the molecule is CCCNC(=O)C(CC(C)C)n1nc(CCN2CC(F)C2)cc(C2CC2)c1=O. The Bertz CT molecular complexity index is 738. The molecule has 1 aliphatic carbocycles. The van der Waals surface area contributed by atoms with E-state index in [0.717, 1.165) is 37.1 Å². The maximum atomic E-state index is 13.1. The molecule has 1 N–H and O–H groups in total. The Labute approximate surface area is 166 Å². The van der Waals surface area contributed by atoms with Crippen LogP contribution in [0, 0.1) is 5.92 Å². The molecule has 156 valence electrons. The highest BCUT2D eigenvalue weighted by Gasteiger charge is 2.32. The lowest BCUT2D eigenvalue weighted by Gasteiger charge is -2.34. The van der Waals surface area contributed by atoms with Gasteiger partial charge in [0.1, 0.15) is 12.2 Å². The quantitative estimate of drug-likeness (QED) is 0.664. The molecule has 7 heteroatoms. The Kier molecular flexibility index (Phi) is 6.86. The molecule has 0 aromatic carbocycles. The minimum atomic E-state index is -0.721. The average Bonchev–Trinajstić information content (AvgIpc) is 3.46. The minimum absolute atomic E-state index is 0.128. The molecule has 28 heavy (non-hydrogen) atoms. The number of nitrogens with zero attached hydrogens (tertiary/aromatic N) is 3. The number of halogens is 1. The van der Waals surface area contributed by atoms with Gasteiger partial charge in [0.15, 0.2) is 0 Å². The van der Waals surface area contributed by atoms with Crippen LogP contribution < -0.4 is 10.9 Å². The molecule has 0 bridgehead atoms. The fourth-order valence-electron chi connectivity index (χ4n) is 3.70. The van der Waals surface area contributed by atoms with Crippen molar-refractivity contribution in [3.8, 4) is 0 Å². The molecule has 1 amide bonds. The van der Waals surface area contributed by atoms with Crippen LogP contribution in [0.2, 0.25) is 0 Å². The van der Waals surface area contributed by atoms with Gasteiger partial charge in [-0.1, -0.05) is 20.8 Å². The number of likely N-dealkylation sites (tertiary alicyclic amines) is 1. The number of carbonyl (C=O) groups excluding carboxylic acids is 1. The fraction of sp³-hybridized carbons (Fsp3) is 0.762. The Morgan fingerprint density at radius 3 is 2.64 bits per heavy atom. The molecule has 1 saturated carbocycles. The number of aromatic nitrogens is 2. The standard InChI is InChI=1S/C21H33FN4O2/c1-4-8-23-20(27)19(10-14(2)3)26-21(28)18(15-5-6-15)11-17(24-26)7-9-25-12-16(22)13-25/h11,14-16,19H,4-10,12-13H2,1-3H3,(H,23,27). The van der Waals surface area contributed by atoms with Crippen LogP contribution in [0.5, 0.6) is 0 Å². The van der Waals surface area contributed by atoms with Crippen molar-refractivity contribution >= 4 is 5.91 Å². The number of rotatable bonds is 10. The van der Waals surface area contributed by atoms with Gasteiger partial charge in [-0.05, 0) is 43.6 Å². The van der Waals surface area contributed by atoms with Gasteiger partial charge in [0, 0.05) is 38.2 Å². The summed E-state index contributed by atoms with van der Waals surface area (Å²) in [6.07, 6.45) is 3.41. The predicted molar refractivity (Wildman–Crippen MR) is 107 cm³/mol. The van der Waals surface area contributed by atoms with Crippen molar-refractivity contribution in [3.63, 3.8) is 0 Å². The van der Waals surface area contributed by atoms with Crippen LogP contribution in [0.3, 0.4) is 0 Å². The van der Waals surface area contributed by atoms with Gasteiger partial charge in [0.2, 0.25) is 5.91 Å². The summed E-state index contributed by atoms with van der Waals surface area (Å²) >= 11 is 0. The van der Waals surface area contributed by atoms with Gasteiger partial charge in [-0.15, -0.1) is 0 Å². The van der Waals surface area contributed by atoms with E-state index in [2.05, 4.69) is 15.3 Å². The highest BCUT2D eigenvalue weighted by atomic mass is 19.1. The Morgan fingerprint density at radius 1 is 1.36 bits per heavy atom. The Hall–Kier alpha value is -1.76. The summed E-state index contributed by atoms with van der Waals surface area (Å²) in [4.78, 5) is 28.0. The van der Waals surface area contributed by atoms with Crippen molar-refractivity contribution in [1.29, 1.82) is 0 Å². The Balaban J connectivity index is 1.86. The van der Waals surface area contributed by atoms with E-state index in [-0.39, 0.29) is 23.3 Å². The number of hydrogen-bond acceptors (Lipinski definition) is 4. The lowest BCUT2D eigenvalue weighted by Crippen LogP contribution is -2.49.